The lowest BCUT2D eigenvalue weighted by Crippen LogP contribution is -2.05. The Morgan fingerprint density at radius 1 is 0.625 bits per heavy atom. The van der Waals surface area contributed by atoms with Gasteiger partial charge < -0.3 is 28.5 Å². The number of fused-ring (bicyclic) bond motifs is 2. The van der Waals surface area contributed by atoms with E-state index in [1.54, 1.807) is 37.4 Å². The van der Waals surface area contributed by atoms with Gasteiger partial charge in [-0.2, -0.15) is 0 Å². The molecule has 2 aromatic heterocycles. The average molecular weight is 537 g/mol. The van der Waals surface area contributed by atoms with E-state index in [-0.39, 0.29) is 33.7 Å². The molecule has 6 aromatic rings. The Balaban J connectivity index is 0.000000162. The van der Waals surface area contributed by atoms with Crippen molar-refractivity contribution in [2.75, 3.05) is 14.2 Å². The maximum Gasteiger partial charge on any atom is 0.200 e. The molecule has 0 amide bonds. The van der Waals surface area contributed by atoms with Crippen molar-refractivity contribution in [2.24, 2.45) is 0 Å². The SMILES string of the molecule is COc1cc2c(=O)c(-c3ccc(O)cc3)coc2cc1O.COc1ccc2occ(-c3ccccc3)c(=O)c2c1. The fourth-order valence-electron chi connectivity index (χ4n) is 4.20. The summed E-state index contributed by atoms with van der Waals surface area (Å²) in [4.78, 5) is 25.0. The van der Waals surface area contributed by atoms with Gasteiger partial charge in [0.2, 0.25) is 10.9 Å². The zero-order valence-electron chi connectivity index (χ0n) is 21.6. The highest BCUT2D eigenvalue weighted by Crippen LogP contribution is 2.31. The lowest BCUT2D eigenvalue weighted by Gasteiger charge is -2.06. The highest BCUT2D eigenvalue weighted by molar-refractivity contribution is 5.85. The predicted molar refractivity (Wildman–Crippen MR) is 152 cm³/mol. The second-order valence-electron chi connectivity index (χ2n) is 8.75. The predicted octanol–water partition coefficient (Wildman–Crippen LogP) is 6.35. The number of ether oxygens (including phenoxy) is 2. The van der Waals surface area contributed by atoms with Gasteiger partial charge in [0.25, 0.3) is 0 Å². The normalized spacial score (nSPS) is 10.7. The molecular formula is C32H24O8. The van der Waals surface area contributed by atoms with Gasteiger partial charge in [-0.25, -0.2) is 0 Å². The third-order valence-electron chi connectivity index (χ3n) is 6.32. The molecule has 0 aliphatic heterocycles. The molecule has 0 spiro atoms. The van der Waals surface area contributed by atoms with Crippen molar-refractivity contribution >= 4 is 21.9 Å². The van der Waals surface area contributed by atoms with Gasteiger partial charge in [-0.05, 0) is 47.5 Å². The molecule has 4 aromatic carbocycles. The maximum atomic E-state index is 12.5. The van der Waals surface area contributed by atoms with Gasteiger partial charge in [0.15, 0.2) is 11.5 Å². The van der Waals surface area contributed by atoms with Crippen LogP contribution in [0.1, 0.15) is 0 Å². The zero-order valence-corrected chi connectivity index (χ0v) is 21.6. The molecule has 0 atom stereocenters. The Labute approximate surface area is 227 Å². The molecule has 2 heterocycles. The molecule has 0 radical (unpaired) electrons. The van der Waals surface area contributed by atoms with Crippen molar-refractivity contribution in [2.45, 2.75) is 0 Å². The number of phenols is 2. The minimum absolute atomic E-state index is 0.0497. The summed E-state index contributed by atoms with van der Waals surface area (Å²) in [5.74, 6) is 0.878. The van der Waals surface area contributed by atoms with Crippen LogP contribution >= 0.6 is 0 Å². The van der Waals surface area contributed by atoms with Crippen molar-refractivity contribution in [1.29, 1.82) is 0 Å². The van der Waals surface area contributed by atoms with E-state index in [0.717, 1.165) is 5.56 Å². The summed E-state index contributed by atoms with van der Waals surface area (Å²) in [6, 6.07) is 23.7. The van der Waals surface area contributed by atoms with E-state index >= 15 is 0 Å². The Kier molecular flexibility index (Phi) is 7.24. The number of phenolic OH excluding ortho intramolecular Hbond substituents is 2. The highest BCUT2D eigenvalue weighted by atomic mass is 16.5. The van der Waals surface area contributed by atoms with Crippen LogP contribution in [0.3, 0.4) is 0 Å². The van der Waals surface area contributed by atoms with Crippen LogP contribution in [0.25, 0.3) is 44.2 Å². The Hall–Kier alpha value is -5.50. The molecule has 0 fully saturated rings. The van der Waals surface area contributed by atoms with Crippen LogP contribution in [0, 0.1) is 0 Å². The molecular weight excluding hydrogens is 512 g/mol. The smallest absolute Gasteiger partial charge is 0.200 e. The monoisotopic (exact) mass is 536 g/mol. The number of methoxy groups -OCH3 is 2. The maximum absolute atomic E-state index is 12.5. The van der Waals surface area contributed by atoms with E-state index in [2.05, 4.69) is 0 Å². The summed E-state index contributed by atoms with van der Waals surface area (Å²) in [6.07, 6.45) is 2.84. The first-order valence-electron chi connectivity index (χ1n) is 12.2. The van der Waals surface area contributed by atoms with Crippen LogP contribution in [-0.2, 0) is 0 Å². The van der Waals surface area contributed by atoms with Crippen LogP contribution in [0.5, 0.6) is 23.0 Å². The molecule has 40 heavy (non-hydrogen) atoms. The lowest BCUT2D eigenvalue weighted by molar-refractivity contribution is 0.373. The molecule has 0 unspecified atom stereocenters. The summed E-state index contributed by atoms with van der Waals surface area (Å²) >= 11 is 0. The standard InChI is InChI=1S/C16H12O5.C16H12O3/c1-20-15-6-11-14(7-13(15)18)21-8-12(16(11)19)9-2-4-10(17)5-3-9;1-18-12-7-8-15-13(9-12)16(17)14(10-19-15)11-5-3-2-4-6-11/h2-8,17-18H,1H3;2-10H,1H3. The number of rotatable bonds is 4. The molecule has 0 bridgehead atoms. The summed E-state index contributed by atoms with van der Waals surface area (Å²) < 4.78 is 21.1. The summed E-state index contributed by atoms with van der Waals surface area (Å²) in [6.45, 7) is 0. The van der Waals surface area contributed by atoms with Crippen LogP contribution in [0.2, 0.25) is 0 Å². The Morgan fingerprint density at radius 3 is 1.85 bits per heavy atom. The molecule has 0 saturated heterocycles. The molecule has 8 heteroatoms. The van der Waals surface area contributed by atoms with Crippen molar-refractivity contribution in [3.8, 4) is 45.3 Å². The first-order chi connectivity index (χ1) is 19.4. The summed E-state index contributed by atoms with van der Waals surface area (Å²) in [5, 5.41) is 19.8. The molecule has 8 nitrogen and oxygen atoms in total. The number of hydrogen-bond acceptors (Lipinski definition) is 8. The quantitative estimate of drug-likeness (QED) is 0.268. The fraction of sp³-hybridized carbons (Fsp3) is 0.0625. The third kappa shape index (κ3) is 5.10. The van der Waals surface area contributed by atoms with Gasteiger partial charge in [-0.3, -0.25) is 9.59 Å². The summed E-state index contributed by atoms with van der Waals surface area (Å²) in [5.41, 5.74) is 2.96. The largest absolute Gasteiger partial charge is 0.508 e. The minimum Gasteiger partial charge on any atom is -0.508 e. The van der Waals surface area contributed by atoms with Crippen LogP contribution in [0.15, 0.2) is 116 Å². The van der Waals surface area contributed by atoms with Crippen LogP contribution in [-0.4, -0.2) is 24.4 Å². The number of aromatic hydroxyl groups is 2. The zero-order chi connectivity index (χ0) is 28.2. The number of hydrogen-bond donors (Lipinski definition) is 2. The second kappa shape index (κ2) is 11.1. The van der Waals surface area contributed by atoms with E-state index in [9.17, 15) is 19.8 Å². The molecule has 200 valence electrons. The highest BCUT2D eigenvalue weighted by Gasteiger charge is 2.13. The first kappa shape index (κ1) is 26.1. The van der Waals surface area contributed by atoms with Gasteiger partial charge >= 0.3 is 0 Å². The molecule has 2 N–H and O–H groups in total. The minimum atomic E-state index is -0.236. The van der Waals surface area contributed by atoms with Crippen LogP contribution < -0.4 is 20.3 Å². The van der Waals surface area contributed by atoms with Crippen molar-refractivity contribution < 1.29 is 28.5 Å². The Morgan fingerprint density at radius 2 is 1.23 bits per heavy atom. The van der Waals surface area contributed by atoms with E-state index in [1.165, 1.54) is 43.9 Å². The fourth-order valence-corrected chi connectivity index (χ4v) is 4.20. The molecule has 0 aliphatic rings. The van der Waals surface area contributed by atoms with Crippen molar-refractivity contribution in [3.05, 3.63) is 118 Å². The number of benzene rings is 4. The van der Waals surface area contributed by atoms with Gasteiger partial charge in [0.1, 0.15) is 35.2 Å². The van der Waals surface area contributed by atoms with Crippen molar-refractivity contribution in [1.82, 2.24) is 0 Å². The lowest BCUT2D eigenvalue weighted by atomic mass is 10.1. The van der Waals surface area contributed by atoms with Gasteiger partial charge in [0.05, 0.1) is 36.1 Å². The molecule has 0 saturated carbocycles. The van der Waals surface area contributed by atoms with Gasteiger partial charge in [-0.1, -0.05) is 42.5 Å². The van der Waals surface area contributed by atoms with E-state index in [4.69, 9.17) is 18.3 Å². The second-order valence-corrected chi connectivity index (χ2v) is 8.75. The van der Waals surface area contributed by atoms with Crippen LogP contribution in [0.4, 0.5) is 0 Å². The third-order valence-corrected chi connectivity index (χ3v) is 6.32. The first-order valence-corrected chi connectivity index (χ1v) is 12.2. The topological polar surface area (TPSA) is 119 Å². The Bertz CT molecular complexity index is 1920. The van der Waals surface area contributed by atoms with E-state index in [1.807, 2.05) is 30.3 Å². The van der Waals surface area contributed by atoms with E-state index in [0.29, 0.717) is 38.8 Å². The summed E-state index contributed by atoms with van der Waals surface area (Å²) in [7, 11) is 2.98. The van der Waals surface area contributed by atoms with Crippen molar-refractivity contribution in [3.63, 3.8) is 0 Å². The molecule has 6 rings (SSSR count). The van der Waals surface area contributed by atoms with Gasteiger partial charge in [0, 0.05) is 6.07 Å². The van der Waals surface area contributed by atoms with Gasteiger partial charge in [-0.15, -0.1) is 0 Å². The molecule has 0 aliphatic carbocycles. The van der Waals surface area contributed by atoms with E-state index < -0.39 is 0 Å². The average Bonchev–Trinajstić information content (AvgIpc) is 2.98.